The molecule has 1 unspecified atom stereocenters. The summed E-state index contributed by atoms with van der Waals surface area (Å²) in [5, 5.41) is 7.42. The fourth-order valence-corrected chi connectivity index (χ4v) is 2.81. The Bertz CT molecular complexity index is 703. The molecule has 1 N–H and O–H groups in total. The summed E-state index contributed by atoms with van der Waals surface area (Å²) in [7, 11) is 0. The zero-order chi connectivity index (χ0) is 16.4. The highest BCUT2D eigenvalue weighted by Crippen LogP contribution is 2.23. The number of carbonyl (C=O) groups excluding carboxylic acids is 1. The number of nitrogens with zero attached hydrogens (tertiary/aromatic N) is 2. The molecule has 0 saturated carbocycles. The zero-order valence-corrected chi connectivity index (χ0v) is 13.3. The van der Waals surface area contributed by atoms with Crippen LogP contribution < -0.4 is 5.32 Å². The van der Waals surface area contributed by atoms with E-state index < -0.39 is 0 Å². The molecule has 23 heavy (non-hydrogen) atoms. The van der Waals surface area contributed by atoms with E-state index in [1.807, 2.05) is 13.8 Å². The summed E-state index contributed by atoms with van der Waals surface area (Å²) in [6, 6.07) is 7.75. The Hall–Kier alpha value is -2.21. The first-order chi connectivity index (χ1) is 11.0. The predicted octanol–water partition coefficient (Wildman–Crippen LogP) is 2.62. The van der Waals surface area contributed by atoms with Gasteiger partial charge in [-0.15, -0.1) is 0 Å². The molecule has 1 aliphatic rings. The van der Waals surface area contributed by atoms with Crippen molar-refractivity contribution in [1.82, 2.24) is 15.1 Å². The molecule has 1 atom stereocenters. The molecule has 0 bridgehead atoms. The first-order valence-electron chi connectivity index (χ1n) is 7.76. The van der Waals surface area contributed by atoms with E-state index in [2.05, 4.69) is 10.4 Å². The minimum absolute atomic E-state index is 0.207. The fourth-order valence-electron chi connectivity index (χ4n) is 2.81. The monoisotopic (exact) mass is 317 g/mol. The number of rotatable bonds is 4. The SMILES string of the molecule is CCC1(NC(=O)c2cc(C)n(-c3ccc(F)cc3)n2)CCOC1. The summed E-state index contributed by atoms with van der Waals surface area (Å²) in [4.78, 5) is 12.5. The molecule has 1 aromatic heterocycles. The van der Waals surface area contributed by atoms with Crippen molar-refractivity contribution in [2.75, 3.05) is 13.2 Å². The van der Waals surface area contributed by atoms with Crippen molar-refractivity contribution in [1.29, 1.82) is 0 Å². The predicted molar refractivity (Wildman–Crippen MR) is 84.2 cm³/mol. The standard InChI is InChI=1S/C17H20FN3O2/c1-3-17(8-9-23-11-17)19-16(22)15-10-12(2)21(20-15)14-6-4-13(18)5-7-14/h4-7,10H,3,8-9,11H2,1-2H3,(H,19,22). The first kappa shape index (κ1) is 15.7. The second-order valence-corrected chi connectivity index (χ2v) is 5.95. The molecule has 0 radical (unpaired) electrons. The molecular weight excluding hydrogens is 297 g/mol. The molecule has 6 heteroatoms. The lowest BCUT2D eigenvalue weighted by Gasteiger charge is -2.26. The highest BCUT2D eigenvalue weighted by atomic mass is 19.1. The van der Waals surface area contributed by atoms with Crippen LogP contribution in [-0.2, 0) is 4.74 Å². The van der Waals surface area contributed by atoms with Crippen molar-refractivity contribution in [3.63, 3.8) is 0 Å². The number of halogens is 1. The Morgan fingerprint density at radius 2 is 2.17 bits per heavy atom. The van der Waals surface area contributed by atoms with Gasteiger partial charge >= 0.3 is 0 Å². The van der Waals surface area contributed by atoms with E-state index in [-0.39, 0.29) is 17.3 Å². The van der Waals surface area contributed by atoms with Crippen LogP contribution in [-0.4, -0.2) is 34.4 Å². The maximum atomic E-state index is 13.0. The van der Waals surface area contributed by atoms with Crippen LogP contribution in [0, 0.1) is 12.7 Å². The van der Waals surface area contributed by atoms with Gasteiger partial charge in [0.15, 0.2) is 5.69 Å². The third-order valence-corrected chi connectivity index (χ3v) is 4.35. The van der Waals surface area contributed by atoms with Gasteiger partial charge in [0.1, 0.15) is 5.82 Å². The lowest BCUT2D eigenvalue weighted by atomic mass is 9.95. The smallest absolute Gasteiger partial charge is 0.272 e. The number of aryl methyl sites for hydroxylation is 1. The van der Waals surface area contributed by atoms with E-state index in [1.54, 1.807) is 22.9 Å². The van der Waals surface area contributed by atoms with Gasteiger partial charge in [-0.1, -0.05) is 6.92 Å². The zero-order valence-electron chi connectivity index (χ0n) is 13.3. The van der Waals surface area contributed by atoms with E-state index in [0.29, 0.717) is 18.9 Å². The van der Waals surface area contributed by atoms with Crippen molar-refractivity contribution in [3.8, 4) is 5.69 Å². The molecular formula is C17H20FN3O2. The van der Waals surface area contributed by atoms with E-state index >= 15 is 0 Å². The first-order valence-corrected chi connectivity index (χ1v) is 7.76. The number of ether oxygens (including phenoxy) is 1. The van der Waals surface area contributed by atoms with Gasteiger partial charge in [0.25, 0.3) is 5.91 Å². The molecule has 3 rings (SSSR count). The lowest BCUT2D eigenvalue weighted by molar-refractivity contribution is 0.0869. The maximum Gasteiger partial charge on any atom is 0.272 e. The summed E-state index contributed by atoms with van der Waals surface area (Å²) in [5.41, 5.74) is 1.59. The quantitative estimate of drug-likeness (QED) is 0.943. The van der Waals surface area contributed by atoms with Crippen LogP contribution in [0.4, 0.5) is 4.39 Å². The second kappa shape index (κ2) is 6.12. The summed E-state index contributed by atoms with van der Waals surface area (Å²) >= 11 is 0. The third kappa shape index (κ3) is 3.12. The average molecular weight is 317 g/mol. The van der Waals surface area contributed by atoms with Crippen molar-refractivity contribution < 1.29 is 13.9 Å². The van der Waals surface area contributed by atoms with E-state index in [9.17, 15) is 9.18 Å². The molecule has 1 fully saturated rings. The molecule has 0 aliphatic carbocycles. The number of amides is 1. The molecule has 1 aromatic carbocycles. The van der Waals surface area contributed by atoms with Crippen LogP contribution in [0.1, 0.15) is 35.9 Å². The number of hydrogen-bond donors (Lipinski definition) is 1. The third-order valence-electron chi connectivity index (χ3n) is 4.35. The van der Waals surface area contributed by atoms with Crippen molar-refractivity contribution in [3.05, 3.63) is 47.5 Å². The Labute approximate surface area is 134 Å². The summed E-state index contributed by atoms with van der Waals surface area (Å²) in [6.45, 7) is 5.10. The molecule has 1 saturated heterocycles. The Balaban J connectivity index is 1.82. The van der Waals surface area contributed by atoms with Gasteiger partial charge < -0.3 is 10.1 Å². The van der Waals surface area contributed by atoms with Gasteiger partial charge in [0, 0.05) is 12.3 Å². The normalized spacial score (nSPS) is 20.7. The van der Waals surface area contributed by atoms with Gasteiger partial charge in [0.05, 0.1) is 17.8 Å². The summed E-state index contributed by atoms with van der Waals surface area (Å²) < 4.78 is 20.1. The van der Waals surface area contributed by atoms with Crippen molar-refractivity contribution in [2.45, 2.75) is 32.2 Å². The van der Waals surface area contributed by atoms with Crippen LogP contribution in [0.3, 0.4) is 0 Å². The Morgan fingerprint density at radius 3 is 2.78 bits per heavy atom. The molecule has 0 spiro atoms. The highest BCUT2D eigenvalue weighted by Gasteiger charge is 2.35. The topological polar surface area (TPSA) is 56.2 Å². The van der Waals surface area contributed by atoms with Crippen LogP contribution in [0.5, 0.6) is 0 Å². The minimum Gasteiger partial charge on any atom is -0.379 e. The van der Waals surface area contributed by atoms with Gasteiger partial charge in [-0.05, 0) is 50.1 Å². The fraction of sp³-hybridized carbons (Fsp3) is 0.412. The number of benzene rings is 1. The van der Waals surface area contributed by atoms with Gasteiger partial charge in [-0.2, -0.15) is 5.10 Å². The molecule has 2 aromatic rings. The second-order valence-electron chi connectivity index (χ2n) is 5.95. The molecule has 2 heterocycles. The van der Waals surface area contributed by atoms with Crippen LogP contribution >= 0.6 is 0 Å². The molecule has 1 amide bonds. The minimum atomic E-state index is -0.303. The number of hydrogen-bond acceptors (Lipinski definition) is 3. The number of carbonyl (C=O) groups is 1. The lowest BCUT2D eigenvalue weighted by Crippen LogP contribution is -2.48. The molecule has 5 nitrogen and oxygen atoms in total. The Morgan fingerprint density at radius 1 is 1.43 bits per heavy atom. The van der Waals surface area contributed by atoms with E-state index in [1.165, 1.54) is 12.1 Å². The van der Waals surface area contributed by atoms with Crippen LogP contribution in [0.2, 0.25) is 0 Å². The van der Waals surface area contributed by atoms with Gasteiger partial charge in [-0.25, -0.2) is 9.07 Å². The molecule has 1 aliphatic heterocycles. The van der Waals surface area contributed by atoms with Crippen LogP contribution in [0.25, 0.3) is 5.69 Å². The Kier molecular flexibility index (Phi) is 4.17. The van der Waals surface area contributed by atoms with Crippen molar-refractivity contribution >= 4 is 5.91 Å². The number of aromatic nitrogens is 2. The van der Waals surface area contributed by atoms with Crippen LogP contribution in [0.15, 0.2) is 30.3 Å². The largest absolute Gasteiger partial charge is 0.379 e. The molecule has 122 valence electrons. The average Bonchev–Trinajstić information content (AvgIpc) is 3.16. The number of nitrogens with one attached hydrogen (secondary N) is 1. The van der Waals surface area contributed by atoms with Gasteiger partial charge in [-0.3, -0.25) is 4.79 Å². The van der Waals surface area contributed by atoms with E-state index in [4.69, 9.17) is 4.74 Å². The summed E-state index contributed by atoms with van der Waals surface area (Å²) in [5.74, 6) is -0.510. The highest BCUT2D eigenvalue weighted by molar-refractivity contribution is 5.93. The van der Waals surface area contributed by atoms with Crippen molar-refractivity contribution in [2.24, 2.45) is 0 Å². The van der Waals surface area contributed by atoms with Gasteiger partial charge in [0.2, 0.25) is 0 Å². The maximum absolute atomic E-state index is 13.0. The van der Waals surface area contributed by atoms with E-state index in [0.717, 1.165) is 24.2 Å². The summed E-state index contributed by atoms with van der Waals surface area (Å²) in [6.07, 6.45) is 1.63.